The summed E-state index contributed by atoms with van der Waals surface area (Å²) in [6, 6.07) is 4.67. The highest BCUT2D eigenvalue weighted by atomic mass is 35.5. The van der Waals surface area contributed by atoms with Crippen LogP contribution < -0.4 is 5.32 Å². The fourth-order valence-corrected chi connectivity index (χ4v) is 3.32. The Morgan fingerprint density at radius 2 is 1.84 bits per heavy atom. The van der Waals surface area contributed by atoms with Crippen LogP contribution in [0.25, 0.3) is 0 Å². The number of hydrogen-bond donors (Lipinski definition) is 1. The second-order valence-electron chi connectivity index (χ2n) is 5.62. The number of rotatable bonds is 4. The Morgan fingerprint density at radius 3 is 2.36 bits per heavy atom. The van der Waals surface area contributed by atoms with E-state index in [1.807, 2.05) is 0 Å². The first kappa shape index (κ1) is 18.4. The predicted molar refractivity (Wildman–Crippen MR) is 89.3 cm³/mol. The SMILES string of the molecule is O=C(Cn1nc(C(F)(F)F)c(Cl)c1C1CC1)Nc1c(Cl)cccc1Cl. The van der Waals surface area contributed by atoms with Gasteiger partial charge in [0.05, 0.1) is 26.4 Å². The Balaban J connectivity index is 1.86. The highest BCUT2D eigenvalue weighted by molar-refractivity contribution is 6.39. The van der Waals surface area contributed by atoms with Gasteiger partial charge in [-0.05, 0) is 25.0 Å². The molecule has 0 radical (unpaired) electrons. The predicted octanol–water partition coefficient (Wildman–Crippen LogP) is 5.38. The first-order chi connectivity index (χ1) is 11.7. The van der Waals surface area contributed by atoms with Crippen LogP contribution in [0.4, 0.5) is 18.9 Å². The van der Waals surface area contributed by atoms with Crippen LogP contribution in [-0.4, -0.2) is 15.7 Å². The Hall–Kier alpha value is -1.44. The van der Waals surface area contributed by atoms with Crippen molar-refractivity contribution in [1.82, 2.24) is 9.78 Å². The first-order valence-electron chi connectivity index (χ1n) is 7.25. The average molecular weight is 413 g/mol. The molecule has 0 aliphatic heterocycles. The number of para-hydroxylation sites is 1. The van der Waals surface area contributed by atoms with Gasteiger partial charge in [0.2, 0.25) is 5.91 Å². The molecule has 25 heavy (non-hydrogen) atoms. The molecule has 1 saturated carbocycles. The molecule has 0 saturated heterocycles. The van der Waals surface area contributed by atoms with Crippen LogP contribution in [0.1, 0.15) is 30.1 Å². The summed E-state index contributed by atoms with van der Waals surface area (Å²) in [5.74, 6) is -0.724. The highest BCUT2D eigenvalue weighted by Crippen LogP contribution is 2.46. The molecule has 0 unspecified atom stereocenters. The van der Waals surface area contributed by atoms with Crippen LogP contribution in [0.15, 0.2) is 18.2 Å². The zero-order valence-corrected chi connectivity index (χ0v) is 14.8. The Labute approximate surface area is 155 Å². The minimum atomic E-state index is -4.69. The molecule has 1 amide bonds. The third-order valence-electron chi connectivity index (χ3n) is 3.68. The fraction of sp³-hybridized carbons (Fsp3) is 0.333. The number of nitrogens with one attached hydrogen (secondary N) is 1. The van der Waals surface area contributed by atoms with Gasteiger partial charge < -0.3 is 5.32 Å². The van der Waals surface area contributed by atoms with Crippen LogP contribution in [0.3, 0.4) is 0 Å². The van der Waals surface area contributed by atoms with Crippen molar-refractivity contribution in [3.05, 3.63) is 44.7 Å². The molecule has 1 aliphatic rings. The van der Waals surface area contributed by atoms with E-state index < -0.39 is 29.3 Å². The van der Waals surface area contributed by atoms with Crippen molar-refractivity contribution in [3.8, 4) is 0 Å². The minimum absolute atomic E-state index is 0.118. The number of halogens is 6. The van der Waals surface area contributed by atoms with E-state index in [-0.39, 0.29) is 27.3 Å². The Bertz CT molecular complexity index is 811. The summed E-state index contributed by atoms with van der Waals surface area (Å²) in [4.78, 5) is 12.2. The smallest absolute Gasteiger partial charge is 0.322 e. The summed E-state index contributed by atoms with van der Waals surface area (Å²) in [5.41, 5.74) is -0.757. The lowest BCUT2D eigenvalue weighted by atomic mass is 10.2. The summed E-state index contributed by atoms with van der Waals surface area (Å²) < 4.78 is 40.1. The number of alkyl halides is 3. The minimum Gasteiger partial charge on any atom is -0.322 e. The maximum Gasteiger partial charge on any atom is 0.436 e. The number of carbonyl (C=O) groups is 1. The topological polar surface area (TPSA) is 46.9 Å². The summed E-state index contributed by atoms with van der Waals surface area (Å²) in [5, 5.41) is 5.99. The van der Waals surface area contributed by atoms with Crippen molar-refractivity contribution in [2.75, 3.05) is 5.32 Å². The van der Waals surface area contributed by atoms with Crippen LogP contribution >= 0.6 is 34.8 Å². The lowest BCUT2D eigenvalue weighted by Crippen LogP contribution is -2.21. The zero-order chi connectivity index (χ0) is 18.4. The molecular formula is C15H11Cl3F3N3O. The Morgan fingerprint density at radius 1 is 1.24 bits per heavy atom. The standard InChI is InChI=1S/C15H11Cl3F3N3O/c16-8-2-1-3-9(17)12(8)22-10(25)6-24-13(7-4-5-7)11(18)14(23-24)15(19,20)21/h1-3,7H,4-6H2,(H,22,25). The van der Waals surface area contributed by atoms with Gasteiger partial charge in [-0.3, -0.25) is 9.48 Å². The number of carbonyl (C=O) groups excluding carboxylic acids is 1. The molecule has 1 aromatic heterocycles. The van der Waals surface area contributed by atoms with Crippen molar-refractivity contribution in [3.63, 3.8) is 0 Å². The molecule has 134 valence electrons. The van der Waals surface area contributed by atoms with Gasteiger partial charge in [-0.1, -0.05) is 40.9 Å². The third-order valence-corrected chi connectivity index (χ3v) is 4.69. The van der Waals surface area contributed by atoms with Crippen LogP contribution in [0, 0.1) is 0 Å². The van der Waals surface area contributed by atoms with Crippen molar-refractivity contribution in [2.24, 2.45) is 0 Å². The number of benzene rings is 1. The molecule has 0 bridgehead atoms. The van der Waals surface area contributed by atoms with Gasteiger partial charge in [-0.2, -0.15) is 18.3 Å². The normalized spacial score (nSPS) is 14.6. The maximum atomic E-state index is 13.0. The van der Waals surface area contributed by atoms with Crippen LogP contribution in [-0.2, 0) is 17.5 Å². The number of anilines is 1. The van der Waals surface area contributed by atoms with Gasteiger partial charge >= 0.3 is 6.18 Å². The van der Waals surface area contributed by atoms with E-state index in [1.165, 1.54) is 12.1 Å². The number of amides is 1. The monoisotopic (exact) mass is 411 g/mol. The molecule has 1 heterocycles. The molecule has 0 atom stereocenters. The lowest BCUT2D eigenvalue weighted by Gasteiger charge is -2.10. The molecule has 4 nitrogen and oxygen atoms in total. The van der Waals surface area contributed by atoms with E-state index in [2.05, 4.69) is 10.4 Å². The van der Waals surface area contributed by atoms with Gasteiger partial charge in [0.1, 0.15) is 6.54 Å². The van der Waals surface area contributed by atoms with Crippen molar-refractivity contribution < 1.29 is 18.0 Å². The average Bonchev–Trinajstić information content (AvgIpc) is 3.27. The quantitative estimate of drug-likeness (QED) is 0.733. The maximum absolute atomic E-state index is 13.0. The second-order valence-corrected chi connectivity index (χ2v) is 6.81. The molecule has 3 rings (SSSR count). The molecule has 0 spiro atoms. The van der Waals surface area contributed by atoms with Crippen molar-refractivity contribution in [1.29, 1.82) is 0 Å². The molecule has 1 aromatic carbocycles. The van der Waals surface area contributed by atoms with E-state index >= 15 is 0 Å². The van der Waals surface area contributed by atoms with Crippen molar-refractivity contribution >= 4 is 46.4 Å². The van der Waals surface area contributed by atoms with Gasteiger partial charge in [0.25, 0.3) is 0 Å². The van der Waals surface area contributed by atoms with Gasteiger partial charge in [0.15, 0.2) is 5.69 Å². The fourth-order valence-electron chi connectivity index (χ4n) is 2.43. The summed E-state index contributed by atoms with van der Waals surface area (Å²) >= 11 is 17.8. The largest absolute Gasteiger partial charge is 0.436 e. The van der Waals surface area contributed by atoms with Gasteiger partial charge in [-0.15, -0.1) is 0 Å². The van der Waals surface area contributed by atoms with E-state index in [0.29, 0.717) is 12.8 Å². The molecule has 2 aromatic rings. The molecule has 1 N–H and O–H groups in total. The number of hydrogen-bond acceptors (Lipinski definition) is 2. The molecular weight excluding hydrogens is 402 g/mol. The van der Waals surface area contributed by atoms with E-state index in [4.69, 9.17) is 34.8 Å². The lowest BCUT2D eigenvalue weighted by molar-refractivity contribution is -0.141. The van der Waals surface area contributed by atoms with E-state index in [1.54, 1.807) is 6.07 Å². The molecule has 10 heteroatoms. The highest BCUT2D eigenvalue weighted by Gasteiger charge is 2.42. The summed E-state index contributed by atoms with van der Waals surface area (Å²) in [7, 11) is 0. The van der Waals surface area contributed by atoms with Crippen molar-refractivity contribution in [2.45, 2.75) is 31.5 Å². The third kappa shape index (κ3) is 3.88. The van der Waals surface area contributed by atoms with Crippen LogP contribution in [0.5, 0.6) is 0 Å². The summed E-state index contributed by atoms with van der Waals surface area (Å²) in [6.07, 6.45) is -3.27. The van der Waals surface area contributed by atoms with Crippen LogP contribution in [0.2, 0.25) is 15.1 Å². The van der Waals surface area contributed by atoms with Gasteiger partial charge in [-0.25, -0.2) is 0 Å². The number of aromatic nitrogens is 2. The zero-order valence-electron chi connectivity index (χ0n) is 12.5. The van der Waals surface area contributed by atoms with Gasteiger partial charge in [0, 0.05) is 5.92 Å². The summed E-state index contributed by atoms with van der Waals surface area (Å²) in [6.45, 7) is -0.427. The molecule has 1 aliphatic carbocycles. The van der Waals surface area contributed by atoms with E-state index in [0.717, 1.165) is 4.68 Å². The molecule has 1 fully saturated rings. The Kier molecular flexibility index (Phi) is 4.92. The number of nitrogens with zero attached hydrogens (tertiary/aromatic N) is 2. The van der Waals surface area contributed by atoms with E-state index in [9.17, 15) is 18.0 Å². The first-order valence-corrected chi connectivity index (χ1v) is 8.39. The second kappa shape index (κ2) is 6.70.